The van der Waals surface area contributed by atoms with Crippen LogP contribution in [0.25, 0.3) is 42.4 Å². The van der Waals surface area contributed by atoms with Crippen molar-refractivity contribution in [3.8, 4) is 22.3 Å². The maximum absolute atomic E-state index is 2.41. The molecule has 0 saturated carbocycles. The second-order valence-electron chi connectivity index (χ2n) is 15.8. The Labute approximate surface area is 378 Å². The van der Waals surface area contributed by atoms with Crippen LogP contribution in [0.5, 0.6) is 0 Å². The summed E-state index contributed by atoms with van der Waals surface area (Å²) in [5.74, 6) is 0. The molecule has 0 N–H and O–H groups in total. The Morgan fingerprint density at radius 1 is 0.250 bits per heavy atom. The molecule has 11 aromatic rings. The molecular formula is C60H43N3S. The molecule has 0 atom stereocenters. The fourth-order valence-electron chi connectivity index (χ4n) is 8.82. The largest absolute Gasteiger partial charge is 0.310 e. The molecule has 0 fully saturated rings. The number of rotatable bonds is 11. The topological polar surface area (TPSA) is 9.72 Å². The van der Waals surface area contributed by atoms with E-state index in [9.17, 15) is 0 Å². The third kappa shape index (κ3) is 7.47. The summed E-state index contributed by atoms with van der Waals surface area (Å²) < 4.78 is 2.42. The lowest BCUT2D eigenvalue weighted by Crippen LogP contribution is -2.12. The Morgan fingerprint density at radius 3 is 1.00 bits per heavy atom. The van der Waals surface area contributed by atoms with E-state index in [1.54, 1.807) is 0 Å². The van der Waals surface area contributed by atoms with Gasteiger partial charge in [-0.05, 0) is 125 Å². The molecule has 1 heterocycles. The summed E-state index contributed by atoms with van der Waals surface area (Å²) in [6, 6.07) is 93.6. The standard InChI is InChI=1S/C60H43N3S/c1-7-19-44(20-8-1)46-31-35-52(36-32-46)61(53-37-33-47(34-38-53)45-21-9-2-10-22-45)54-39-42-58-55(43-54)59-56(62(48-23-11-3-12-24-48)49-25-13-4-14-26-49)40-41-57(60(59)64-58)63(50-27-15-5-16-28-50)51-29-17-6-18-30-51/h1-43H. The van der Waals surface area contributed by atoms with Crippen molar-refractivity contribution < 1.29 is 0 Å². The van der Waals surface area contributed by atoms with Gasteiger partial charge in [0.25, 0.3) is 0 Å². The van der Waals surface area contributed by atoms with Crippen molar-refractivity contribution in [3.63, 3.8) is 0 Å². The highest BCUT2D eigenvalue weighted by Crippen LogP contribution is 2.52. The van der Waals surface area contributed by atoms with Crippen molar-refractivity contribution in [2.24, 2.45) is 0 Å². The van der Waals surface area contributed by atoms with Gasteiger partial charge < -0.3 is 14.7 Å². The van der Waals surface area contributed by atoms with Crippen molar-refractivity contribution in [2.45, 2.75) is 0 Å². The molecule has 0 bridgehead atoms. The molecule has 0 unspecified atom stereocenters. The average Bonchev–Trinajstić information content (AvgIpc) is 3.77. The lowest BCUT2D eigenvalue weighted by Gasteiger charge is -2.30. The number of fused-ring (bicyclic) bond motifs is 3. The van der Waals surface area contributed by atoms with Crippen LogP contribution in [0.4, 0.5) is 51.2 Å². The summed E-state index contributed by atoms with van der Waals surface area (Å²) in [6.07, 6.45) is 0. The van der Waals surface area contributed by atoms with E-state index in [0.717, 1.165) is 51.2 Å². The van der Waals surface area contributed by atoms with Crippen molar-refractivity contribution in [1.29, 1.82) is 0 Å². The second kappa shape index (κ2) is 17.3. The third-order valence-corrected chi connectivity index (χ3v) is 13.0. The molecule has 304 valence electrons. The van der Waals surface area contributed by atoms with E-state index in [1.807, 2.05) is 11.3 Å². The molecule has 0 aliphatic carbocycles. The molecule has 64 heavy (non-hydrogen) atoms. The quantitative estimate of drug-likeness (QED) is 0.128. The maximum Gasteiger partial charge on any atom is 0.0641 e. The molecule has 1 aromatic heterocycles. The Bertz CT molecular complexity index is 3120. The molecule has 0 radical (unpaired) electrons. The highest BCUT2D eigenvalue weighted by molar-refractivity contribution is 7.26. The first-order valence-corrected chi connectivity index (χ1v) is 22.5. The zero-order valence-corrected chi connectivity index (χ0v) is 35.9. The number of nitrogens with zero attached hydrogens (tertiary/aromatic N) is 3. The minimum absolute atomic E-state index is 1.08. The fraction of sp³-hybridized carbons (Fsp3) is 0. The summed E-state index contributed by atoms with van der Waals surface area (Å²) in [5.41, 5.74) is 14.7. The van der Waals surface area contributed by atoms with Crippen LogP contribution in [0.3, 0.4) is 0 Å². The van der Waals surface area contributed by atoms with Crippen LogP contribution < -0.4 is 14.7 Å². The molecule has 0 spiro atoms. The number of hydrogen-bond acceptors (Lipinski definition) is 4. The van der Waals surface area contributed by atoms with Crippen LogP contribution in [0, 0.1) is 0 Å². The van der Waals surface area contributed by atoms with Gasteiger partial charge in [0.2, 0.25) is 0 Å². The Balaban J connectivity index is 1.16. The Hall–Kier alpha value is -8.18. The van der Waals surface area contributed by atoms with Gasteiger partial charge in [0.1, 0.15) is 0 Å². The summed E-state index contributed by atoms with van der Waals surface area (Å²) >= 11 is 1.85. The van der Waals surface area contributed by atoms with Crippen molar-refractivity contribution in [1.82, 2.24) is 0 Å². The third-order valence-electron chi connectivity index (χ3n) is 11.8. The molecule has 0 saturated heterocycles. The molecule has 10 aromatic carbocycles. The zero-order valence-electron chi connectivity index (χ0n) is 35.1. The Morgan fingerprint density at radius 2 is 0.578 bits per heavy atom. The van der Waals surface area contributed by atoms with Crippen molar-refractivity contribution >= 4 is 82.7 Å². The highest BCUT2D eigenvalue weighted by atomic mass is 32.1. The number of benzene rings is 10. The minimum atomic E-state index is 1.08. The van der Waals surface area contributed by atoms with Crippen LogP contribution >= 0.6 is 11.3 Å². The zero-order chi connectivity index (χ0) is 42.7. The van der Waals surface area contributed by atoms with E-state index < -0.39 is 0 Å². The van der Waals surface area contributed by atoms with Crippen LogP contribution in [0.2, 0.25) is 0 Å². The van der Waals surface area contributed by atoms with Crippen LogP contribution in [0.1, 0.15) is 0 Å². The second-order valence-corrected chi connectivity index (χ2v) is 16.8. The molecule has 0 aliphatic heterocycles. The summed E-state index contributed by atoms with van der Waals surface area (Å²) in [4.78, 5) is 7.19. The summed E-state index contributed by atoms with van der Waals surface area (Å²) in [6.45, 7) is 0. The highest BCUT2D eigenvalue weighted by Gasteiger charge is 2.25. The SMILES string of the molecule is c1ccc(-c2ccc(N(c3ccc(-c4ccccc4)cc3)c3ccc4sc5c(N(c6ccccc6)c6ccccc6)ccc(N(c6ccccc6)c6ccccc6)c5c4c3)cc2)cc1. The van der Waals surface area contributed by atoms with Gasteiger partial charge in [0.15, 0.2) is 0 Å². The summed E-state index contributed by atoms with van der Waals surface area (Å²) in [5, 5.41) is 2.39. The molecule has 3 nitrogen and oxygen atoms in total. The van der Waals surface area contributed by atoms with E-state index in [2.05, 4.69) is 276 Å². The van der Waals surface area contributed by atoms with E-state index in [4.69, 9.17) is 0 Å². The monoisotopic (exact) mass is 837 g/mol. The first-order valence-electron chi connectivity index (χ1n) is 21.7. The minimum Gasteiger partial charge on any atom is -0.310 e. The van der Waals surface area contributed by atoms with Gasteiger partial charge in [-0.1, -0.05) is 158 Å². The smallest absolute Gasteiger partial charge is 0.0641 e. The van der Waals surface area contributed by atoms with E-state index in [-0.39, 0.29) is 0 Å². The van der Waals surface area contributed by atoms with Crippen molar-refractivity contribution in [3.05, 3.63) is 261 Å². The van der Waals surface area contributed by atoms with Crippen LogP contribution in [0.15, 0.2) is 261 Å². The number of para-hydroxylation sites is 4. The van der Waals surface area contributed by atoms with Gasteiger partial charge in [-0.3, -0.25) is 0 Å². The fourth-order valence-corrected chi connectivity index (χ4v) is 10.0. The number of anilines is 9. The summed E-state index contributed by atoms with van der Waals surface area (Å²) in [7, 11) is 0. The van der Waals surface area contributed by atoms with Gasteiger partial charge in [-0.25, -0.2) is 0 Å². The Kier molecular flexibility index (Phi) is 10.5. The maximum atomic E-state index is 2.41. The first kappa shape index (κ1) is 38.7. The van der Waals surface area contributed by atoms with Gasteiger partial charge >= 0.3 is 0 Å². The van der Waals surface area contributed by atoms with Gasteiger partial charge in [-0.2, -0.15) is 0 Å². The van der Waals surface area contributed by atoms with E-state index in [0.29, 0.717) is 0 Å². The van der Waals surface area contributed by atoms with Crippen molar-refractivity contribution in [2.75, 3.05) is 14.7 Å². The van der Waals surface area contributed by atoms with Crippen LogP contribution in [-0.4, -0.2) is 0 Å². The lowest BCUT2D eigenvalue weighted by atomic mass is 10.0. The van der Waals surface area contributed by atoms with Gasteiger partial charge in [0, 0.05) is 55.3 Å². The first-order chi connectivity index (χ1) is 31.8. The molecule has 0 aliphatic rings. The molecule has 0 amide bonds. The number of thiophene rings is 1. The molecular weight excluding hydrogens is 795 g/mol. The predicted octanol–water partition coefficient (Wildman–Crippen LogP) is 17.8. The van der Waals surface area contributed by atoms with E-state index >= 15 is 0 Å². The predicted molar refractivity (Wildman–Crippen MR) is 274 cm³/mol. The molecule has 11 rings (SSSR count). The van der Waals surface area contributed by atoms with Gasteiger partial charge in [0.05, 0.1) is 16.1 Å². The lowest BCUT2D eigenvalue weighted by molar-refractivity contribution is 1.28. The number of hydrogen-bond donors (Lipinski definition) is 0. The normalized spacial score (nSPS) is 11.1. The average molecular weight is 838 g/mol. The van der Waals surface area contributed by atoms with Crippen LogP contribution in [-0.2, 0) is 0 Å². The molecule has 4 heteroatoms. The van der Waals surface area contributed by atoms with Gasteiger partial charge in [-0.15, -0.1) is 11.3 Å². The van der Waals surface area contributed by atoms with E-state index in [1.165, 1.54) is 42.4 Å².